The van der Waals surface area contributed by atoms with Gasteiger partial charge in [-0.05, 0) is 30.8 Å². The maximum absolute atomic E-state index is 11.7. The first-order valence-electron chi connectivity index (χ1n) is 7.05. The molecule has 0 bridgehead atoms. The Balaban J connectivity index is 0.00000200. The van der Waals surface area contributed by atoms with Gasteiger partial charge >= 0.3 is 6.03 Å². The summed E-state index contributed by atoms with van der Waals surface area (Å²) in [4.78, 5) is 25.3. The third-order valence-corrected chi connectivity index (χ3v) is 3.76. The van der Waals surface area contributed by atoms with Gasteiger partial charge in [0.1, 0.15) is 0 Å². The monoisotopic (exact) mass is 304 g/mol. The summed E-state index contributed by atoms with van der Waals surface area (Å²) in [5.74, 6) is 1.51. The number of fused-ring (bicyclic) bond motifs is 1. The summed E-state index contributed by atoms with van der Waals surface area (Å²) in [6.45, 7) is 8.95. The summed E-state index contributed by atoms with van der Waals surface area (Å²) >= 11 is 0. The quantitative estimate of drug-likeness (QED) is 0.686. The van der Waals surface area contributed by atoms with E-state index in [9.17, 15) is 9.59 Å². The second kappa shape index (κ2) is 7.81. The summed E-state index contributed by atoms with van der Waals surface area (Å²) in [6, 6.07) is -0.389. The molecule has 20 heavy (non-hydrogen) atoms. The van der Waals surface area contributed by atoms with Crippen molar-refractivity contribution in [2.45, 2.75) is 13.8 Å². The van der Waals surface area contributed by atoms with Gasteiger partial charge in [-0.3, -0.25) is 15.0 Å². The first-order valence-corrected chi connectivity index (χ1v) is 7.05. The predicted octanol–water partition coefficient (Wildman–Crippen LogP) is 0.0412. The Morgan fingerprint density at radius 2 is 1.85 bits per heavy atom. The Morgan fingerprint density at radius 1 is 1.25 bits per heavy atom. The number of carbonyl (C=O) groups is 2. The average molecular weight is 305 g/mol. The molecule has 0 spiro atoms. The lowest BCUT2D eigenvalue weighted by atomic mass is 10.0. The van der Waals surface area contributed by atoms with Gasteiger partial charge < -0.3 is 10.6 Å². The zero-order valence-corrected chi connectivity index (χ0v) is 13.0. The summed E-state index contributed by atoms with van der Waals surface area (Å²) in [5.41, 5.74) is 0. The number of imide groups is 1. The van der Waals surface area contributed by atoms with Crippen LogP contribution in [0, 0.1) is 17.8 Å². The molecule has 0 aromatic heterocycles. The Labute approximate surface area is 126 Å². The van der Waals surface area contributed by atoms with Gasteiger partial charge in [0.25, 0.3) is 0 Å². The summed E-state index contributed by atoms with van der Waals surface area (Å²) in [5, 5.41) is 8.43. The van der Waals surface area contributed by atoms with Crippen molar-refractivity contribution in [3.05, 3.63) is 0 Å². The predicted molar refractivity (Wildman–Crippen MR) is 79.9 cm³/mol. The van der Waals surface area contributed by atoms with E-state index in [1.54, 1.807) is 0 Å². The summed E-state index contributed by atoms with van der Waals surface area (Å²) in [7, 11) is 0. The second-order valence-electron chi connectivity index (χ2n) is 6.02. The molecular weight excluding hydrogens is 280 g/mol. The number of carbonyl (C=O) groups excluding carboxylic acids is 2. The number of rotatable bonds is 4. The summed E-state index contributed by atoms with van der Waals surface area (Å²) < 4.78 is 0. The lowest BCUT2D eigenvalue weighted by molar-refractivity contribution is -0.121. The highest BCUT2D eigenvalue weighted by molar-refractivity contribution is 5.95. The van der Waals surface area contributed by atoms with Gasteiger partial charge in [0, 0.05) is 19.6 Å². The van der Waals surface area contributed by atoms with Crippen LogP contribution in [-0.2, 0) is 4.79 Å². The number of likely N-dealkylation sites (tertiary alicyclic amines) is 1. The van der Waals surface area contributed by atoms with E-state index in [-0.39, 0.29) is 24.3 Å². The highest BCUT2D eigenvalue weighted by atomic mass is 35.5. The van der Waals surface area contributed by atoms with Crippen LogP contribution in [0.25, 0.3) is 0 Å². The van der Waals surface area contributed by atoms with Crippen LogP contribution in [0.4, 0.5) is 4.79 Å². The number of hydrogen-bond acceptors (Lipinski definition) is 4. The Hall–Kier alpha value is -0.850. The van der Waals surface area contributed by atoms with Crippen LogP contribution in [0.1, 0.15) is 13.8 Å². The van der Waals surface area contributed by atoms with E-state index < -0.39 is 0 Å². The average Bonchev–Trinajstić information content (AvgIpc) is 2.86. The van der Waals surface area contributed by atoms with Gasteiger partial charge in [0.2, 0.25) is 5.91 Å². The largest absolute Gasteiger partial charge is 0.338 e. The topological polar surface area (TPSA) is 73.5 Å². The second-order valence-corrected chi connectivity index (χ2v) is 6.02. The highest BCUT2D eigenvalue weighted by Crippen LogP contribution is 2.25. The van der Waals surface area contributed by atoms with Crippen molar-refractivity contribution in [2.24, 2.45) is 17.8 Å². The normalized spacial score (nSPS) is 25.1. The minimum atomic E-state index is -0.389. The smallest absolute Gasteiger partial charge is 0.321 e. The molecule has 2 rings (SSSR count). The van der Waals surface area contributed by atoms with Crippen molar-refractivity contribution in [1.29, 1.82) is 0 Å². The number of halogens is 1. The van der Waals surface area contributed by atoms with Crippen LogP contribution in [0.2, 0.25) is 0 Å². The minimum absolute atomic E-state index is 0. The number of nitrogens with one attached hydrogen (secondary N) is 3. The Bertz CT molecular complexity index is 339. The third-order valence-electron chi connectivity index (χ3n) is 3.76. The first-order chi connectivity index (χ1) is 9.04. The molecule has 0 radical (unpaired) electrons. The number of hydrogen-bond donors (Lipinski definition) is 3. The van der Waals surface area contributed by atoms with Crippen molar-refractivity contribution < 1.29 is 9.59 Å². The van der Waals surface area contributed by atoms with E-state index in [0.717, 1.165) is 26.2 Å². The van der Waals surface area contributed by atoms with E-state index in [0.29, 0.717) is 30.8 Å². The molecular formula is C13H25ClN4O2. The van der Waals surface area contributed by atoms with Crippen molar-refractivity contribution in [2.75, 3.05) is 39.3 Å². The van der Waals surface area contributed by atoms with E-state index >= 15 is 0 Å². The molecule has 7 heteroatoms. The molecule has 3 amide bonds. The third kappa shape index (κ3) is 4.92. The van der Waals surface area contributed by atoms with Crippen molar-refractivity contribution in [3.63, 3.8) is 0 Å². The molecule has 2 fully saturated rings. The molecule has 2 saturated heterocycles. The van der Waals surface area contributed by atoms with Gasteiger partial charge in [0.05, 0.1) is 6.54 Å². The van der Waals surface area contributed by atoms with Crippen LogP contribution in [0.3, 0.4) is 0 Å². The molecule has 0 unspecified atom stereocenters. The zero-order chi connectivity index (χ0) is 13.8. The van der Waals surface area contributed by atoms with Crippen molar-refractivity contribution in [3.8, 4) is 0 Å². The van der Waals surface area contributed by atoms with Gasteiger partial charge in [-0.1, -0.05) is 13.8 Å². The number of nitrogens with zero attached hydrogens (tertiary/aromatic N) is 1. The van der Waals surface area contributed by atoms with Crippen molar-refractivity contribution in [1.82, 2.24) is 20.9 Å². The van der Waals surface area contributed by atoms with E-state index in [1.165, 1.54) is 0 Å². The highest BCUT2D eigenvalue weighted by Gasteiger charge is 2.36. The van der Waals surface area contributed by atoms with Gasteiger partial charge in [-0.2, -0.15) is 0 Å². The SMILES string of the molecule is CC(C)CNC(=O)NC(=O)CN1C[C@H]2CNC[C@H]2C1.Cl. The molecule has 0 aromatic rings. The Kier molecular flexibility index (Phi) is 6.71. The Morgan fingerprint density at radius 3 is 2.40 bits per heavy atom. The molecule has 0 saturated carbocycles. The van der Waals surface area contributed by atoms with Crippen molar-refractivity contribution >= 4 is 24.3 Å². The first kappa shape index (κ1) is 17.2. The van der Waals surface area contributed by atoms with Gasteiger partial charge in [-0.25, -0.2) is 4.79 Å². The van der Waals surface area contributed by atoms with Gasteiger partial charge in [0.15, 0.2) is 0 Å². The van der Waals surface area contributed by atoms with E-state index in [1.807, 2.05) is 13.8 Å². The zero-order valence-electron chi connectivity index (χ0n) is 12.1. The molecule has 0 aromatic carbocycles. The van der Waals surface area contributed by atoms with Gasteiger partial charge in [-0.15, -0.1) is 12.4 Å². The molecule has 0 aliphatic carbocycles. The number of urea groups is 1. The fourth-order valence-electron chi connectivity index (χ4n) is 2.79. The molecule has 2 aliphatic heterocycles. The maximum Gasteiger partial charge on any atom is 0.321 e. The molecule has 2 heterocycles. The minimum Gasteiger partial charge on any atom is -0.338 e. The molecule has 6 nitrogen and oxygen atoms in total. The van der Waals surface area contributed by atoms with Crippen LogP contribution in [0.5, 0.6) is 0 Å². The standard InChI is InChI=1S/C13H24N4O2.ClH/c1-9(2)3-15-13(19)16-12(18)8-17-6-10-4-14-5-11(10)7-17;/h9-11,14H,3-8H2,1-2H3,(H2,15,16,18,19);1H/t10-,11+;. The lowest BCUT2D eigenvalue weighted by Crippen LogP contribution is -2.45. The molecule has 3 N–H and O–H groups in total. The molecule has 2 aliphatic rings. The fourth-order valence-corrected chi connectivity index (χ4v) is 2.79. The summed E-state index contributed by atoms with van der Waals surface area (Å²) in [6.07, 6.45) is 0. The lowest BCUT2D eigenvalue weighted by Gasteiger charge is -2.16. The fraction of sp³-hybridized carbons (Fsp3) is 0.846. The van der Waals surface area contributed by atoms with E-state index in [4.69, 9.17) is 0 Å². The van der Waals surface area contributed by atoms with Crippen LogP contribution >= 0.6 is 12.4 Å². The van der Waals surface area contributed by atoms with Crippen LogP contribution in [0.15, 0.2) is 0 Å². The number of amides is 3. The maximum atomic E-state index is 11.7. The van der Waals surface area contributed by atoms with Crippen LogP contribution < -0.4 is 16.0 Å². The molecule has 116 valence electrons. The molecule has 2 atom stereocenters. The van der Waals surface area contributed by atoms with Crippen LogP contribution in [-0.4, -0.2) is 56.1 Å². The van der Waals surface area contributed by atoms with E-state index in [2.05, 4.69) is 20.9 Å².